The number of aromatic amines is 1. The fourth-order valence-corrected chi connectivity index (χ4v) is 1.56. The van der Waals surface area contributed by atoms with E-state index >= 15 is 0 Å². The zero-order chi connectivity index (χ0) is 8.55. The summed E-state index contributed by atoms with van der Waals surface area (Å²) >= 11 is 4.22. The fourth-order valence-electron chi connectivity index (χ4n) is 1.39. The molecule has 0 saturated heterocycles. The molecular formula is C10H11NS. The van der Waals surface area contributed by atoms with Crippen molar-refractivity contribution in [3.63, 3.8) is 0 Å². The van der Waals surface area contributed by atoms with Crippen LogP contribution in [0.5, 0.6) is 0 Å². The van der Waals surface area contributed by atoms with Crippen molar-refractivity contribution in [1.82, 2.24) is 4.98 Å². The molecule has 0 fully saturated rings. The summed E-state index contributed by atoms with van der Waals surface area (Å²) in [5, 5.41) is 1.27. The predicted octanol–water partition coefficient (Wildman–Crippen LogP) is 2.91. The maximum Gasteiger partial charge on any atom is 0.0458 e. The molecule has 2 rings (SSSR count). The third-order valence-electron chi connectivity index (χ3n) is 2.00. The minimum Gasteiger partial charge on any atom is -0.358 e. The number of aromatic nitrogens is 1. The smallest absolute Gasteiger partial charge is 0.0458 e. The van der Waals surface area contributed by atoms with Crippen LogP contribution in [0.2, 0.25) is 0 Å². The van der Waals surface area contributed by atoms with Crippen molar-refractivity contribution in [1.29, 1.82) is 0 Å². The van der Waals surface area contributed by atoms with E-state index in [0.29, 0.717) is 0 Å². The molecule has 0 saturated carbocycles. The lowest BCUT2D eigenvalue weighted by atomic mass is 10.2. The number of thiol groups is 1. The van der Waals surface area contributed by atoms with Gasteiger partial charge >= 0.3 is 0 Å². The highest BCUT2D eigenvalue weighted by Gasteiger charge is 1.97. The molecule has 0 radical (unpaired) electrons. The van der Waals surface area contributed by atoms with Gasteiger partial charge in [-0.15, -0.1) is 0 Å². The Kier molecular flexibility index (Phi) is 1.85. The van der Waals surface area contributed by atoms with Crippen LogP contribution in [0.25, 0.3) is 10.9 Å². The molecule has 0 atom stereocenters. The highest BCUT2D eigenvalue weighted by atomic mass is 32.1. The molecule has 0 spiro atoms. The van der Waals surface area contributed by atoms with Gasteiger partial charge in [0.2, 0.25) is 0 Å². The fraction of sp³-hybridized carbons (Fsp3) is 0.200. The number of aryl methyl sites for hydroxylation is 1. The number of benzene rings is 1. The third kappa shape index (κ3) is 1.23. The van der Waals surface area contributed by atoms with Crippen molar-refractivity contribution in [3.05, 3.63) is 35.5 Å². The molecule has 0 amide bonds. The Bertz CT molecular complexity index is 403. The standard InChI is InChI=1S/C10H11NS/c1-7-2-3-8-5-9(6-12)11-10(8)4-7/h2-5,11-12H,6H2,1H3. The van der Waals surface area contributed by atoms with E-state index in [-0.39, 0.29) is 0 Å². The zero-order valence-corrected chi connectivity index (χ0v) is 7.86. The maximum atomic E-state index is 4.22. The van der Waals surface area contributed by atoms with Crippen LogP contribution in [-0.2, 0) is 5.75 Å². The lowest BCUT2D eigenvalue weighted by Crippen LogP contribution is -1.74. The van der Waals surface area contributed by atoms with Crippen LogP contribution in [0, 0.1) is 6.92 Å². The first-order valence-electron chi connectivity index (χ1n) is 3.99. The Hall–Kier alpha value is -0.890. The molecule has 2 aromatic rings. The normalized spacial score (nSPS) is 10.8. The van der Waals surface area contributed by atoms with Crippen molar-refractivity contribution >= 4 is 23.5 Å². The topological polar surface area (TPSA) is 15.8 Å². The van der Waals surface area contributed by atoms with Crippen LogP contribution in [0.3, 0.4) is 0 Å². The molecule has 1 aromatic carbocycles. The van der Waals surface area contributed by atoms with Gasteiger partial charge in [0.05, 0.1) is 0 Å². The van der Waals surface area contributed by atoms with Gasteiger partial charge in [-0.1, -0.05) is 12.1 Å². The van der Waals surface area contributed by atoms with Crippen LogP contribution >= 0.6 is 12.6 Å². The Morgan fingerprint density at radius 3 is 2.92 bits per heavy atom. The van der Waals surface area contributed by atoms with Gasteiger partial charge in [0, 0.05) is 17.0 Å². The van der Waals surface area contributed by atoms with E-state index in [2.05, 4.69) is 48.8 Å². The lowest BCUT2D eigenvalue weighted by Gasteiger charge is -1.90. The molecule has 1 nitrogen and oxygen atoms in total. The number of nitrogens with one attached hydrogen (secondary N) is 1. The van der Waals surface area contributed by atoms with Crippen molar-refractivity contribution in [2.45, 2.75) is 12.7 Å². The Labute approximate surface area is 77.2 Å². The van der Waals surface area contributed by atoms with Gasteiger partial charge in [0.1, 0.15) is 0 Å². The van der Waals surface area contributed by atoms with Gasteiger partial charge in [-0.25, -0.2) is 0 Å². The van der Waals surface area contributed by atoms with Crippen molar-refractivity contribution in [2.75, 3.05) is 0 Å². The molecule has 0 aliphatic rings. The molecule has 0 bridgehead atoms. The van der Waals surface area contributed by atoms with Gasteiger partial charge in [-0.3, -0.25) is 0 Å². The van der Waals surface area contributed by atoms with Crippen molar-refractivity contribution in [3.8, 4) is 0 Å². The highest BCUT2D eigenvalue weighted by molar-refractivity contribution is 7.79. The summed E-state index contributed by atoms with van der Waals surface area (Å²) in [7, 11) is 0. The summed E-state index contributed by atoms with van der Waals surface area (Å²) in [5.74, 6) is 0.772. The number of fused-ring (bicyclic) bond motifs is 1. The molecule has 62 valence electrons. The van der Waals surface area contributed by atoms with Crippen molar-refractivity contribution in [2.24, 2.45) is 0 Å². The van der Waals surface area contributed by atoms with E-state index in [4.69, 9.17) is 0 Å². The molecule has 1 aromatic heterocycles. The number of H-pyrrole nitrogens is 1. The van der Waals surface area contributed by atoms with E-state index in [0.717, 1.165) is 5.75 Å². The maximum absolute atomic E-state index is 4.22. The second-order valence-electron chi connectivity index (χ2n) is 3.04. The molecule has 1 heterocycles. The predicted molar refractivity (Wildman–Crippen MR) is 55.7 cm³/mol. The zero-order valence-electron chi connectivity index (χ0n) is 6.96. The minimum atomic E-state index is 0.772. The molecule has 0 aliphatic carbocycles. The molecule has 0 unspecified atom stereocenters. The first-order chi connectivity index (χ1) is 5.79. The molecular weight excluding hydrogens is 166 g/mol. The molecule has 0 aliphatic heterocycles. The molecule has 2 heteroatoms. The second-order valence-corrected chi connectivity index (χ2v) is 3.36. The number of rotatable bonds is 1. The highest BCUT2D eigenvalue weighted by Crippen LogP contribution is 2.17. The Morgan fingerprint density at radius 1 is 1.33 bits per heavy atom. The van der Waals surface area contributed by atoms with E-state index < -0.39 is 0 Å². The average molecular weight is 177 g/mol. The van der Waals surface area contributed by atoms with Gasteiger partial charge in [-0.05, 0) is 30.0 Å². The molecule has 12 heavy (non-hydrogen) atoms. The van der Waals surface area contributed by atoms with Crippen LogP contribution in [0.15, 0.2) is 24.3 Å². The lowest BCUT2D eigenvalue weighted by molar-refractivity contribution is 1.27. The van der Waals surface area contributed by atoms with Crippen LogP contribution in [0.1, 0.15) is 11.3 Å². The van der Waals surface area contributed by atoms with Crippen LogP contribution in [0.4, 0.5) is 0 Å². The number of hydrogen-bond donors (Lipinski definition) is 2. The second kappa shape index (κ2) is 2.87. The number of hydrogen-bond acceptors (Lipinski definition) is 1. The SMILES string of the molecule is Cc1ccc2cc(CS)[nH]c2c1. The minimum absolute atomic E-state index is 0.772. The van der Waals surface area contributed by atoms with Gasteiger partial charge in [0.25, 0.3) is 0 Å². The van der Waals surface area contributed by atoms with E-state index in [1.165, 1.54) is 22.2 Å². The summed E-state index contributed by atoms with van der Waals surface area (Å²) in [6.07, 6.45) is 0. The Balaban J connectivity index is 2.67. The largest absolute Gasteiger partial charge is 0.358 e. The third-order valence-corrected chi connectivity index (χ3v) is 2.34. The first-order valence-corrected chi connectivity index (χ1v) is 4.62. The van der Waals surface area contributed by atoms with Crippen molar-refractivity contribution < 1.29 is 0 Å². The monoisotopic (exact) mass is 177 g/mol. The summed E-state index contributed by atoms with van der Waals surface area (Å²) in [6.45, 7) is 2.10. The van der Waals surface area contributed by atoms with Gasteiger partial charge in [0.15, 0.2) is 0 Å². The van der Waals surface area contributed by atoms with Gasteiger partial charge in [-0.2, -0.15) is 12.6 Å². The summed E-state index contributed by atoms with van der Waals surface area (Å²) in [4.78, 5) is 3.31. The van der Waals surface area contributed by atoms with Crippen LogP contribution < -0.4 is 0 Å². The van der Waals surface area contributed by atoms with Crippen LogP contribution in [-0.4, -0.2) is 4.98 Å². The summed E-state index contributed by atoms with van der Waals surface area (Å²) in [6, 6.07) is 8.55. The Morgan fingerprint density at radius 2 is 2.17 bits per heavy atom. The van der Waals surface area contributed by atoms with E-state index in [1.807, 2.05) is 0 Å². The summed E-state index contributed by atoms with van der Waals surface area (Å²) in [5.41, 5.74) is 3.67. The van der Waals surface area contributed by atoms with E-state index in [1.54, 1.807) is 0 Å². The molecule has 1 N–H and O–H groups in total. The summed E-state index contributed by atoms with van der Waals surface area (Å²) < 4.78 is 0. The van der Waals surface area contributed by atoms with Gasteiger partial charge < -0.3 is 4.98 Å². The van der Waals surface area contributed by atoms with E-state index in [9.17, 15) is 0 Å². The average Bonchev–Trinajstić information content (AvgIpc) is 2.46. The quantitative estimate of drug-likeness (QED) is 0.623. The first kappa shape index (κ1) is 7.74.